The molecule has 0 aromatic heterocycles. The van der Waals surface area contributed by atoms with E-state index in [2.05, 4.69) is 5.32 Å². The predicted octanol–water partition coefficient (Wildman–Crippen LogP) is 3.06. The van der Waals surface area contributed by atoms with Gasteiger partial charge in [-0.15, -0.1) is 0 Å². The molecule has 2 amide bonds. The van der Waals surface area contributed by atoms with Crippen LogP contribution in [0.3, 0.4) is 0 Å². The highest BCUT2D eigenvalue weighted by atomic mass is 16.5. The van der Waals surface area contributed by atoms with Gasteiger partial charge in [-0.3, -0.25) is 9.59 Å². The Bertz CT molecular complexity index is 860. The van der Waals surface area contributed by atoms with Crippen LogP contribution in [0.5, 0.6) is 5.75 Å². The van der Waals surface area contributed by atoms with Gasteiger partial charge in [0.15, 0.2) is 0 Å². The lowest BCUT2D eigenvalue weighted by Gasteiger charge is -2.15. The second-order valence-electron chi connectivity index (χ2n) is 6.39. The summed E-state index contributed by atoms with van der Waals surface area (Å²) in [6, 6.07) is 11.3. The number of anilines is 1. The molecule has 7 heteroatoms. The molecular formula is C21H24N2O5. The molecule has 0 aliphatic rings. The number of nitrogens with one attached hydrogen (secondary N) is 1. The number of rotatable bonds is 8. The topological polar surface area (TPSA) is 95.9 Å². The van der Waals surface area contributed by atoms with Gasteiger partial charge in [0.05, 0.1) is 17.9 Å². The summed E-state index contributed by atoms with van der Waals surface area (Å²) in [5.74, 6) is -0.883. The van der Waals surface area contributed by atoms with Gasteiger partial charge >= 0.3 is 5.97 Å². The molecule has 0 aliphatic heterocycles. The maximum atomic E-state index is 12.4. The monoisotopic (exact) mass is 384 g/mol. The van der Waals surface area contributed by atoms with E-state index in [4.69, 9.17) is 9.84 Å². The third kappa shape index (κ3) is 5.57. The lowest BCUT2D eigenvalue weighted by Crippen LogP contribution is -2.22. The molecule has 0 spiro atoms. The van der Waals surface area contributed by atoms with Crippen LogP contribution < -0.4 is 10.1 Å². The summed E-state index contributed by atoms with van der Waals surface area (Å²) >= 11 is 0. The lowest BCUT2D eigenvalue weighted by atomic mass is 10.1. The van der Waals surface area contributed by atoms with Crippen LogP contribution in [0.15, 0.2) is 42.5 Å². The Morgan fingerprint density at radius 3 is 2.25 bits per heavy atom. The summed E-state index contributed by atoms with van der Waals surface area (Å²) in [6.45, 7) is 2.27. The van der Waals surface area contributed by atoms with E-state index in [9.17, 15) is 14.4 Å². The van der Waals surface area contributed by atoms with Gasteiger partial charge in [0.1, 0.15) is 5.75 Å². The molecule has 0 bridgehead atoms. The van der Waals surface area contributed by atoms with Crippen molar-refractivity contribution >= 4 is 23.5 Å². The number of carboxylic acids is 1. The highest BCUT2D eigenvalue weighted by Crippen LogP contribution is 2.26. The van der Waals surface area contributed by atoms with E-state index in [-0.39, 0.29) is 23.8 Å². The summed E-state index contributed by atoms with van der Waals surface area (Å²) in [4.78, 5) is 36.9. The minimum Gasteiger partial charge on any atom is -0.492 e. The van der Waals surface area contributed by atoms with Crippen molar-refractivity contribution < 1.29 is 24.2 Å². The minimum atomic E-state index is -0.986. The van der Waals surface area contributed by atoms with Gasteiger partial charge in [0.2, 0.25) is 5.91 Å². The highest BCUT2D eigenvalue weighted by molar-refractivity contribution is 5.98. The largest absolute Gasteiger partial charge is 0.492 e. The van der Waals surface area contributed by atoms with Crippen molar-refractivity contribution in [3.05, 3.63) is 59.2 Å². The smallest absolute Gasteiger partial charge is 0.335 e. The van der Waals surface area contributed by atoms with Crippen molar-refractivity contribution in [2.75, 3.05) is 26.0 Å². The number of carbonyl (C=O) groups excluding carboxylic acids is 2. The number of aryl methyl sites for hydroxylation is 1. The zero-order chi connectivity index (χ0) is 20.7. The Balaban J connectivity index is 2.07. The molecule has 0 saturated carbocycles. The second-order valence-corrected chi connectivity index (χ2v) is 6.39. The number of nitrogens with zero attached hydrogens (tertiary/aromatic N) is 1. The van der Waals surface area contributed by atoms with Gasteiger partial charge in [0.25, 0.3) is 5.91 Å². The number of hydrogen-bond donors (Lipinski definition) is 2. The van der Waals surface area contributed by atoms with Crippen LogP contribution in [-0.2, 0) is 11.2 Å². The fourth-order valence-electron chi connectivity index (χ4n) is 2.58. The maximum Gasteiger partial charge on any atom is 0.335 e. The molecule has 148 valence electrons. The van der Waals surface area contributed by atoms with Crippen LogP contribution in [0.1, 0.15) is 39.6 Å². The molecule has 0 aliphatic carbocycles. The fraction of sp³-hybridized carbons (Fsp3) is 0.286. The third-order valence-corrected chi connectivity index (χ3v) is 4.05. The first-order valence-electron chi connectivity index (χ1n) is 8.92. The van der Waals surface area contributed by atoms with Crippen LogP contribution in [0, 0.1) is 0 Å². The normalized spacial score (nSPS) is 10.2. The highest BCUT2D eigenvalue weighted by Gasteiger charge is 2.14. The molecule has 0 atom stereocenters. The number of hydrogen-bond acceptors (Lipinski definition) is 4. The fourth-order valence-corrected chi connectivity index (χ4v) is 2.58. The Hall–Kier alpha value is -3.35. The molecule has 0 fully saturated rings. The summed E-state index contributed by atoms with van der Waals surface area (Å²) in [6.07, 6.45) is 0.676. The lowest BCUT2D eigenvalue weighted by molar-refractivity contribution is -0.116. The third-order valence-electron chi connectivity index (χ3n) is 4.05. The molecule has 7 nitrogen and oxygen atoms in total. The first-order valence-corrected chi connectivity index (χ1v) is 8.92. The summed E-state index contributed by atoms with van der Waals surface area (Å²) in [7, 11) is 3.32. The molecule has 0 saturated heterocycles. The molecule has 2 aromatic carbocycles. The number of carboxylic acid groups (broad SMARTS) is 1. The van der Waals surface area contributed by atoms with E-state index < -0.39 is 5.97 Å². The van der Waals surface area contributed by atoms with E-state index >= 15 is 0 Å². The van der Waals surface area contributed by atoms with Crippen LogP contribution in [-0.4, -0.2) is 48.5 Å². The zero-order valence-electron chi connectivity index (χ0n) is 16.2. The SMILES string of the molecule is CCOc1ccc(C(=O)N(C)C)cc1NC(=O)CCc1ccc(C(=O)O)cc1. The van der Waals surface area contributed by atoms with Crippen molar-refractivity contribution in [2.45, 2.75) is 19.8 Å². The standard InChI is InChI=1S/C21H24N2O5/c1-4-28-18-11-10-16(20(25)23(2)3)13-17(18)22-19(24)12-7-14-5-8-15(9-6-14)21(26)27/h5-6,8-11,13H,4,7,12H2,1-3H3,(H,22,24)(H,26,27). The molecule has 2 rings (SSSR count). The van der Waals surface area contributed by atoms with E-state index in [1.165, 1.54) is 17.0 Å². The molecule has 0 heterocycles. The minimum absolute atomic E-state index is 0.169. The van der Waals surface area contributed by atoms with Gasteiger partial charge in [-0.25, -0.2) is 4.79 Å². The Morgan fingerprint density at radius 1 is 1.04 bits per heavy atom. The van der Waals surface area contributed by atoms with Gasteiger partial charge in [-0.2, -0.15) is 0 Å². The summed E-state index contributed by atoms with van der Waals surface area (Å²) in [5, 5.41) is 11.7. The van der Waals surface area contributed by atoms with Crippen LogP contribution in [0.2, 0.25) is 0 Å². The van der Waals surface area contributed by atoms with Gasteiger partial charge in [0, 0.05) is 26.1 Å². The summed E-state index contributed by atoms with van der Waals surface area (Å²) < 4.78 is 5.54. The average Bonchev–Trinajstić information content (AvgIpc) is 2.67. The van der Waals surface area contributed by atoms with E-state index in [0.717, 1.165) is 5.56 Å². The zero-order valence-corrected chi connectivity index (χ0v) is 16.2. The van der Waals surface area contributed by atoms with Crippen molar-refractivity contribution in [2.24, 2.45) is 0 Å². The molecule has 2 N–H and O–H groups in total. The molecular weight excluding hydrogens is 360 g/mol. The first-order chi connectivity index (χ1) is 13.3. The predicted molar refractivity (Wildman–Crippen MR) is 106 cm³/mol. The van der Waals surface area contributed by atoms with Crippen molar-refractivity contribution in [3.8, 4) is 5.75 Å². The number of carbonyl (C=O) groups is 3. The van der Waals surface area contributed by atoms with Crippen LogP contribution in [0.4, 0.5) is 5.69 Å². The van der Waals surface area contributed by atoms with Gasteiger partial charge in [-0.1, -0.05) is 12.1 Å². The number of ether oxygens (including phenoxy) is 1. The Kier molecular flexibility index (Phi) is 7.14. The van der Waals surface area contributed by atoms with Crippen molar-refractivity contribution in [1.29, 1.82) is 0 Å². The maximum absolute atomic E-state index is 12.4. The number of benzene rings is 2. The second kappa shape index (κ2) is 9.55. The van der Waals surface area contributed by atoms with E-state index in [1.807, 2.05) is 6.92 Å². The average molecular weight is 384 g/mol. The number of aromatic carboxylic acids is 1. The van der Waals surface area contributed by atoms with Gasteiger partial charge < -0.3 is 20.1 Å². The van der Waals surface area contributed by atoms with Crippen molar-refractivity contribution in [1.82, 2.24) is 4.90 Å². The van der Waals surface area contributed by atoms with Crippen LogP contribution in [0.25, 0.3) is 0 Å². The number of amides is 2. The van der Waals surface area contributed by atoms with Crippen molar-refractivity contribution in [3.63, 3.8) is 0 Å². The molecule has 0 unspecified atom stereocenters. The molecule has 28 heavy (non-hydrogen) atoms. The quantitative estimate of drug-likeness (QED) is 0.729. The Morgan fingerprint density at radius 2 is 1.68 bits per heavy atom. The Labute approximate surface area is 163 Å². The van der Waals surface area contributed by atoms with Crippen LogP contribution >= 0.6 is 0 Å². The summed E-state index contributed by atoms with van der Waals surface area (Å²) in [5.41, 5.74) is 1.97. The van der Waals surface area contributed by atoms with E-state index in [0.29, 0.717) is 30.0 Å². The van der Waals surface area contributed by atoms with E-state index in [1.54, 1.807) is 44.4 Å². The van der Waals surface area contributed by atoms with Gasteiger partial charge in [-0.05, 0) is 49.2 Å². The molecule has 2 aromatic rings. The molecule has 0 radical (unpaired) electrons. The first kappa shape index (κ1) is 21.0.